The summed E-state index contributed by atoms with van der Waals surface area (Å²) in [7, 11) is 0. The summed E-state index contributed by atoms with van der Waals surface area (Å²) < 4.78 is 5.18. The zero-order valence-corrected chi connectivity index (χ0v) is 10.7. The molecule has 0 bridgehead atoms. The Morgan fingerprint density at radius 2 is 2.20 bits per heavy atom. The Morgan fingerprint density at radius 3 is 2.95 bits per heavy atom. The van der Waals surface area contributed by atoms with E-state index in [1.807, 2.05) is 13.0 Å². The molecule has 3 aromatic rings. The van der Waals surface area contributed by atoms with Crippen molar-refractivity contribution >= 4 is 0 Å². The van der Waals surface area contributed by atoms with E-state index in [0.717, 1.165) is 5.69 Å². The number of aromatic nitrogens is 5. The Labute approximate surface area is 113 Å². The second kappa shape index (κ2) is 5.04. The van der Waals surface area contributed by atoms with Crippen LogP contribution >= 0.6 is 0 Å². The predicted octanol–water partition coefficient (Wildman–Crippen LogP) is 1.44. The predicted molar refractivity (Wildman–Crippen MR) is 70.8 cm³/mol. The van der Waals surface area contributed by atoms with Crippen molar-refractivity contribution in [3.8, 4) is 23.0 Å². The van der Waals surface area contributed by atoms with Crippen LogP contribution in [0.25, 0.3) is 23.0 Å². The lowest BCUT2D eigenvalue weighted by Crippen LogP contribution is -2.07. The van der Waals surface area contributed by atoms with Gasteiger partial charge in [-0.25, -0.2) is 4.98 Å². The van der Waals surface area contributed by atoms with Crippen molar-refractivity contribution in [3.05, 3.63) is 46.8 Å². The lowest BCUT2D eigenvalue weighted by atomic mass is 10.2. The molecule has 0 atom stereocenters. The molecule has 100 valence electrons. The molecule has 0 aromatic carbocycles. The van der Waals surface area contributed by atoms with Gasteiger partial charge in [-0.2, -0.15) is 4.98 Å². The molecule has 3 aromatic heterocycles. The van der Waals surface area contributed by atoms with Gasteiger partial charge in [-0.05, 0) is 12.5 Å². The molecule has 7 nitrogen and oxygen atoms in total. The van der Waals surface area contributed by atoms with Crippen LogP contribution in [0.3, 0.4) is 0 Å². The van der Waals surface area contributed by atoms with E-state index in [9.17, 15) is 4.79 Å². The van der Waals surface area contributed by atoms with E-state index >= 15 is 0 Å². The third kappa shape index (κ3) is 2.33. The maximum Gasteiger partial charge on any atom is 0.258 e. The summed E-state index contributed by atoms with van der Waals surface area (Å²) in [5.41, 5.74) is 1.72. The minimum Gasteiger partial charge on any atom is -0.334 e. The van der Waals surface area contributed by atoms with Crippen molar-refractivity contribution in [2.24, 2.45) is 0 Å². The van der Waals surface area contributed by atoms with E-state index in [1.54, 1.807) is 18.6 Å². The first-order chi connectivity index (χ1) is 9.76. The first kappa shape index (κ1) is 12.2. The summed E-state index contributed by atoms with van der Waals surface area (Å²) in [6.07, 6.45) is 5.38. The molecule has 0 saturated carbocycles. The van der Waals surface area contributed by atoms with Crippen LogP contribution in [0.1, 0.15) is 12.6 Å². The molecule has 0 unspecified atom stereocenters. The molecule has 0 radical (unpaired) electrons. The molecule has 0 fully saturated rings. The molecule has 3 rings (SSSR count). The molecule has 0 aliphatic carbocycles. The number of nitrogens with one attached hydrogen (secondary N) is 1. The fourth-order valence-corrected chi connectivity index (χ4v) is 1.77. The van der Waals surface area contributed by atoms with E-state index in [1.165, 1.54) is 6.07 Å². The van der Waals surface area contributed by atoms with E-state index in [2.05, 4.69) is 25.1 Å². The molecule has 1 N–H and O–H groups in total. The average Bonchev–Trinajstić information content (AvgIpc) is 2.97. The van der Waals surface area contributed by atoms with Gasteiger partial charge < -0.3 is 9.51 Å². The maximum atomic E-state index is 11.6. The van der Waals surface area contributed by atoms with E-state index in [0.29, 0.717) is 23.5 Å². The van der Waals surface area contributed by atoms with Gasteiger partial charge in [0, 0.05) is 29.7 Å². The van der Waals surface area contributed by atoms with Gasteiger partial charge in [-0.15, -0.1) is 0 Å². The summed E-state index contributed by atoms with van der Waals surface area (Å²) in [5, 5.41) is 3.85. The smallest absolute Gasteiger partial charge is 0.258 e. The fourth-order valence-electron chi connectivity index (χ4n) is 1.77. The first-order valence-corrected chi connectivity index (χ1v) is 6.10. The van der Waals surface area contributed by atoms with Crippen LogP contribution in [0.15, 0.2) is 40.0 Å². The number of H-pyrrole nitrogens is 1. The highest BCUT2D eigenvalue weighted by atomic mass is 16.5. The minimum atomic E-state index is -0.196. The SMILES string of the molecule is CCc1cc(-c2nc(-c3cnccn3)no2)cc(=O)[nH]1. The van der Waals surface area contributed by atoms with Crippen LogP contribution in [-0.4, -0.2) is 25.1 Å². The Bertz CT molecular complexity index is 779. The normalized spacial score (nSPS) is 10.7. The summed E-state index contributed by atoms with van der Waals surface area (Å²) >= 11 is 0. The molecule has 7 heteroatoms. The molecule has 0 amide bonds. The second-order valence-corrected chi connectivity index (χ2v) is 4.13. The number of hydrogen-bond donors (Lipinski definition) is 1. The number of pyridine rings is 1. The van der Waals surface area contributed by atoms with Crippen LogP contribution in [0.2, 0.25) is 0 Å². The molecule has 0 spiro atoms. The van der Waals surface area contributed by atoms with Crippen LogP contribution in [0, 0.1) is 0 Å². The molecule has 0 aliphatic rings. The Balaban J connectivity index is 2.02. The van der Waals surface area contributed by atoms with Gasteiger partial charge in [0.05, 0.1) is 6.20 Å². The lowest BCUT2D eigenvalue weighted by molar-refractivity contribution is 0.432. The molecule has 20 heavy (non-hydrogen) atoms. The zero-order valence-electron chi connectivity index (χ0n) is 10.7. The van der Waals surface area contributed by atoms with Gasteiger partial charge in [0.1, 0.15) is 5.69 Å². The summed E-state index contributed by atoms with van der Waals surface area (Å²) in [5.74, 6) is 0.623. The number of nitrogens with zero attached hydrogens (tertiary/aromatic N) is 4. The number of hydrogen-bond acceptors (Lipinski definition) is 6. The summed E-state index contributed by atoms with van der Waals surface area (Å²) in [6, 6.07) is 3.24. The maximum absolute atomic E-state index is 11.6. The molecular formula is C13H11N5O2. The topological polar surface area (TPSA) is 97.6 Å². The highest BCUT2D eigenvalue weighted by molar-refractivity contribution is 5.56. The molecular weight excluding hydrogens is 258 g/mol. The van der Waals surface area contributed by atoms with E-state index < -0.39 is 0 Å². The van der Waals surface area contributed by atoms with Crippen LogP contribution in [-0.2, 0) is 6.42 Å². The standard InChI is InChI=1S/C13H11N5O2/c1-2-9-5-8(6-11(19)16-9)13-17-12(18-20-13)10-7-14-3-4-15-10/h3-7H,2H2,1H3,(H,16,19). The van der Waals surface area contributed by atoms with Gasteiger partial charge in [-0.1, -0.05) is 12.1 Å². The van der Waals surface area contributed by atoms with E-state index in [-0.39, 0.29) is 11.4 Å². The van der Waals surface area contributed by atoms with Gasteiger partial charge in [-0.3, -0.25) is 9.78 Å². The third-order valence-corrected chi connectivity index (χ3v) is 2.75. The Kier molecular flexibility index (Phi) is 3.08. The average molecular weight is 269 g/mol. The summed E-state index contributed by atoms with van der Waals surface area (Å²) in [6.45, 7) is 1.95. The molecule has 0 aliphatic heterocycles. The lowest BCUT2D eigenvalue weighted by Gasteiger charge is -1.98. The van der Waals surface area contributed by atoms with Crippen molar-refractivity contribution in [2.45, 2.75) is 13.3 Å². The van der Waals surface area contributed by atoms with Crippen molar-refractivity contribution in [2.75, 3.05) is 0 Å². The third-order valence-electron chi connectivity index (χ3n) is 2.75. The van der Waals surface area contributed by atoms with Gasteiger partial charge in [0.2, 0.25) is 11.4 Å². The van der Waals surface area contributed by atoms with E-state index in [4.69, 9.17) is 4.52 Å². The Hall–Kier alpha value is -2.83. The molecule has 0 saturated heterocycles. The Morgan fingerprint density at radius 1 is 1.30 bits per heavy atom. The van der Waals surface area contributed by atoms with Crippen molar-refractivity contribution in [1.29, 1.82) is 0 Å². The van der Waals surface area contributed by atoms with Crippen LogP contribution in [0.4, 0.5) is 0 Å². The quantitative estimate of drug-likeness (QED) is 0.772. The minimum absolute atomic E-state index is 0.196. The monoisotopic (exact) mass is 269 g/mol. The number of rotatable bonds is 3. The van der Waals surface area contributed by atoms with Gasteiger partial charge >= 0.3 is 0 Å². The van der Waals surface area contributed by atoms with Crippen LogP contribution < -0.4 is 5.56 Å². The second-order valence-electron chi connectivity index (χ2n) is 4.13. The fraction of sp³-hybridized carbons (Fsp3) is 0.154. The van der Waals surface area contributed by atoms with Gasteiger partial charge in [0.15, 0.2) is 0 Å². The first-order valence-electron chi connectivity index (χ1n) is 6.10. The van der Waals surface area contributed by atoms with Crippen molar-refractivity contribution in [3.63, 3.8) is 0 Å². The summed E-state index contributed by atoms with van der Waals surface area (Å²) in [4.78, 5) is 26.6. The van der Waals surface area contributed by atoms with Crippen molar-refractivity contribution in [1.82, 2.24) is 25.1 Å². The number of aromatic amines is 1. The highest BCUT2D eigenvalue weighted by Gasteiger charge is 2.12. The molecule has 3 heterocycles. The highest BCUT2D eigenvalue weighted by Crippen LogP contribution is 2.19. The number of aryl methyl sites for hydroxylation is 1. The van der Waals surface area contributed by atoms with Crippen LogP contribution in [0.5, 0.6) is 0 Å². The largest absolute Gasteiger partial charge is 0.334 e. The van der Waals surface area contributed by atoms with Gasteiger partial charge in [0.25, 0.3) is 5.89 Å². The zero-order chi connectivity index (χ0) is 13.9. The van der Waals surface area contributed by atoms with Crippen molar-refractivity contribution < 1.29 is 4.52 Å².